The normalized spacial score (nSPS) is 14.6. The smallest absolute Gasteiger partial charge is 0.336 e. The Hall–Kier alpha value is -3.48. The second-order valence-corrected chi connectivity index (χ2v) is 8.02. The first kappa shape index (κ1) is 25.1. The summed E-state index contributed by atoms with van der Waals surface area (Å²) >= 11 is 9.62. The highest BCUT2D eigenvalue weighted by Crippen LogP contribution is 2.37. The Balaban J connectivity index is 2.05. The van der Waals surface area contributed by atoms with Crippen molar-refractivity contribution < 1.29 is 28.6 Å². The molecule has 34 heavy (non-hydrogen) atoms. The van der Waals surface area contributed by atoms with Crippen LogP contribution in [0.3, 0.4) is 0 Å². The minimum atomic E-state index is -0.904. The molecule has 1 aliphatic heterocycles. The molecule has 0 radical (unpaired) electrons. The van der Waals surface area contributed by atoms with E-state index in [1.165, 1.54) is 18.2 Å². The highest BCUT2D eigenvalue weighted by Gasteiger charge is 2.38. The third-order valence-corrected chi connectivity index (χ3v) is 5.39. The second kappa shape index (κ2) is 11.1. The van der Waals surface area contributed by atoms with Crippen molar-refractivity contribution in [2.45, 2.75) is 13.8 Å². The Bertz CT molecular complexity index is 1200. The predicted octanol–water partition coefficient (Wildman–Crippen LogP) is 4.58. The Morgan fingerprint density at radius 3 is 2.50 bits per heavy atom. The third-order valence-electron chi connectivity index (χ3n) is 4.52. The SMILES string of the molecule is C#CCOc1c(Cl)cc(/C=C2\C(=O)NC(=O)N(c3cc(OCC)ccc3OCC)C2=O)cc1Br. The van der Waals surface area contributed by atoms with E-state index in [0.29, 0.717) is 34.7 Å². The summed E-state index contributed by atoms with van der Waals surface area (Å²) in [6.45, 7) is 4.27. The van der Waals surface area contributed by atoms with E-state index in [0.717, 1.165) is 4.90 Å². The minimum Gasteiger partial charge on any atom is -0.494 e. The van der Waals surface area contributed by atoms with Gasteiger partial charge in [-0.1, -0.05) is 17.5 Å². The highest BCUT2D eigenvalue weighted by molar-refractivity contribution is 9.10. The van der Waals surface area contributed by atoms with Gasteiger partial charge in [0.1, 0.15) is 23.7 Å². The van der Waals surface area contributed by atoms with Crippen LogP contribution in [0.25, 0.3) is 6.08 Å². The maximum absolute atomic E-state index is 13.3. The molecule has 0 aliphatic carbocycles. The number of hydrogen-bond acceptors (Lipinski definition) is 6. The first-order valence-electron chi connectivity index (χ1n) is 10.2. The van der Waals surface area contributed by atoms with Crippen LogP contribution in [-0.4, -0.2) is 37.7 Å². The second-order valence-electron chi connectivity index (χ2n) is 6.76. The number of hydrogen-bond donors (Lipinski definition) is 1. The van der Waals surface area contributed by atoms with E-state index >= 15 is 0 Å². The molecule has 4 amide bonds. The number of halogens is 2. The van der Waals surface area contributed by atoms with Crippen LogP contribution in [0, 0.1) is 12.3 Å². The van der Waals surface area contributed by atoms with Crippen molar-refractivity contribution in [1.29, 1.82) is 0 Å². The van der Waals surface area contributed by atoms with Gasteiger partial charge in [-0.25, -0.2) is 9.69 Å². The van der Waals surface area contributed by atoms with Crippen molar-refractivity contribution >= 4 is 57.1 Å². The van der Waals surface area contributed by atoms with Gasteiger partial charge in [-0.2, -0.15) is 0 Å². The summed E-state index contributed by atoms with van der Waals surface area (Å²) in [5.41, 5.74) is 0.292. The number of carbonyl (C=O) groups is 3. The van der Waals surface area contributed by atoms with Crippen molar-refractivity contribution in [3.05, 3.63) is 51.0 Å². The van der Waals surface area contributed by atoms with Crippen LogP contribution in [0.5, 0.6) is 17.2 Å². The summed E-state index contributed by atoms with van der Waals surface area (Å²) in [6.07, 6.45) is 6.54. The van der Waals surface area contributed by atoms with E-state index in [1.807, 2.05) is 0 Å². The van der Waals surface area contributed by atoms with E-state index in [9.17, 15) is 14.4 Å². The molecule has 1 N–H and O–H groups in total. The maximum atomic E-state index is 13.3. The number of nitrogens with one attached hydrogen (secondary N) is 1. The molecule has 2 aromatic rings. The van der Waals surface area contributed by atoms with Crippen LogP contribution in [-0.2, 0) is 9.59 Å². The first-order chi connectivity index (χ1) is 16.3. The molecule has 10 heteroatoms. The molecule has 176 valence electrons. The third kappa shape index (κ3) is 5.35. The number of carbonyl (C=O) groups excluding carboxylic acids is 3. The Morgan fingerprint density at radius 2 is 1.85 bits per heavy atom. The molecule has 3 rings (SSSR count). The predicted molar refractivity (Wildman–Crippen MR) is 131 cm³/mol. The van der Waals surface area contributed by atoms with Gasteiger partial charge in [0.2, 0.25) is 0 Å². The van der Waals surface area contributed by atoms with Crippen molar-refractivity contribution in [1.82, 2.24) is 5.32 Å². The van der Waals surface area contributed by atoms with Gasteiger partial charge in [-0.05, 0) is 65.7 Å². The summed E-state index contributed by atoms with van der Waals surface area (Å²) in [5, 5.41) is 2.41. The van der Waals surface area contributed by atoms with Crippen LogP contribution >= 0.6 is 27.5 Å². The van der Waals surface area contributed by atoms with Crippen molar-refractivity contribution in [3.8, 4) is 29.6 Å². The van der Waals surface area contributed by atoms with Crippen LogP contribution < -0.4 is 24.4 Å². The molecule has 0 aromatic heterocycles. The summed E-state index contributed by atoms with van der Waals surface area (Å²) in [6, 6.07) is 6.97. The minimum absolute atomic E-state index is 0.0136. The fourth-order valence-electron chi connectivity index (χ4n) is 3.16. The van der Waals surface area contributed by atoms with Gasteiger partial charge in [0.25, 0.3) is 11.8 Å². The lowest BCUT2D eigenvalue weighted by molar-refractivity contribution is -0.122. The lowest BCUT2D eigenvalue weighted by atomic mass is 10.1. The summed E-state index contributed by atoms with van der Waals surface area (Å²) in [7, 11) is 0. The molecule has 0 spiro atoms. The lowest BCUT2D eigenvalue weighted by Crippen LogP contribution is -2.54. The van der Waals surface area contributed by atoms with Gasteiger partial charge in [0, 0.05) is 6.07 Å². The lowest BCUT2D eigenvalue weighted by Gasteiger charge is -2.28. The van der Waals surface area contributed by atoms with Crippen LogP contribution in [0.1, 0.15) is 19.4 Å². The van der Waals surface area contributed by atoms with Gasteiger partial charge in [-0.15, -0.1) is 6.42 Å². The van der Waals surface area contributed by atoms with E-state index in [2.05, 4.69) is 27.2 Å². The average molecular weight is 548 g/mol. The largest absolute Gasteiger partial charge is 0.494 e. The zero-order chi connectivity index (χ0) is 24.8. The van der Waals surface area contributed by atoms with Crippen molar-refractivity contribution in [2.75, 3.05) is 24.7 Å². The molecule has 1 fully saturated rings. The van der Waals surface area contributed by atoms with Gasteiger partial charge < -0.3 is 14.2 Å². The molecule has 0 bridgehead atoms. The van der Waals surface area contributed by atoms with Crippen LogP contribution in [0.2, 0.25) is 5.02 Å². The van der Waals surface area contributed by atoms with Gasteiger partial charge in [-0.3, -0.25) is 14.9 Å². The number of urea groups is 1. The number of benzene rings is 2. The number of nitrogens with zero attached hydrogens (tertiary/aromatic N) is 1. The fourth-order valence-corrected chi connectivity index (χ4v) is 4.15. The number of amides is 4. The molecule has 1 heterocycles. The Morgan fingerprint density at radius 1 is 1.12 bits per heavy atom. The van der Waals surface area contributed by atoms with Crippen molar-refractivity contribution in [2.24, 2.45) is 0 Å². The molecule has 0 unspecified atom stereocenters. The molecule has 1 aliphatic rings. The Kier molecular flexibility index (Phi) is 8.21. The van der Waals surface area contributed by atoms with Gasteiger partial charge in [0.05, 0.1) is 28.4 Å². The molecule has 8 nitrogen and oxygen atoms in total. The zero-order valence-corrected chi connectivity index (χ0v) is 20.7. The fraction of sp³-hybridized carbons (Fsp3) is 0.208. The number of ether oxygens (including phenoxy) is 3. The quantitative estimate of drug-likeness (QED) is 0.295. The summed E-state index contributed by atoms with van der Waals surface area (Å²) in [5.74, 6) is 1.71. The topological polar surface area (TPSA) is 94.2 Å². The molecular weight excluding hydrogens is 528 g/mol. The van der Waals surface area contributed by atoms with E-state index < -0.39 is 17.8 Å². The highest BCUT2D eigenvalue weighted by atomic mass is 79.9. The zero-order valence-electron chi connectivity index (χ0n) is 18.3. The molecular formula is C24H20BrClN2O6. The summed E-state index contributed by atoms with van der Waals surface area (Å²) in [4.78, 5) is 39.4. The maximum Gasteiger partial charge on any atom is 0.336 e. The molecule has 1 saturated heterocycles. The van der Waals surface area contributed by atoms with E-state index in [1.54, 1.807) is 32.0 Å². The molecule has 0 atom stereocenters. The Labute approximate surface area is 209 Å². The van der Waals surface area contributed by atoms with Crippen LogP contribution in [0.4, 0.5) is 10.5 Å². The number of terminal acetylenes is 1. The number of rotatable bonds is 8. The van der Waals surface area contributed by atoms with Gasteiger partial charge >= 0.3 is 6.03 Å². The first-order valence-corrected chi connectivity index (χ1v) is 11.3. The molecule has 0 saturated carbocycles. The van der Waals surface area contributed by atoms with E-state index in [-0.39, 0.29) is 28.6 Å². The standard InChI is InChI=1S/C24H20BrClN2O6/c1-4-9-34-21-17(25)11-14(12-18(21)26)10-16-22(29)27-24(31)28(23(16)30)19-13-15(32-5-2)7-8-20(19)33-6-3/h1,7-8,10-13H,5-6,9H2,2-3H3,(H,27,29,31)/b16-10+. The number of barbiturate groups is 1. The monoisotopic (exact) mass is 546 g/mol. The number of anilines is 1. The van der Waals surface area contributed by atoms with Crippen LogP contribution in [0.15, 0.2) is 40.4 Å². The van der Waals surface area contributed by atoms with Crippen molar-refractivity contribution in [3.63, 3.8) is 0 Å². The molecule has 2 aromatic carbocycles. The number of imide groups is 2. The average Bonchev–Trinajstić information content (AvgIpc) is 2.78. The van der Waals surface area contributed by atoms with Gasteiger partial charge in [0.15, 0.2) is 5.75 Å². The van der Waals surface area contributed by atoms with E-state index in [4.69, 9.17) is 32.2 Å². The summed E-state index contributed by atoms with van der Waals surface area (Å²) < 4.78 is 17.0.